The van der Waals surface area contributed by atoms with E-state index < -0.39 is 0 Å². The third-order valence-electron chi connectivity index (χ3n) is 4.92. The van der Waals surface area contributed by atoms with Gasteiger partial charge in [-0.3, -0.25) is 14.6 Å². The van der Waals surface area contributed by atoms with Gasteiger partial charge in [-0.15, -0.1) is 0 Å². The Hall–Kier alpha value is -2.89. The second kappa shape index (κ2) is 9.88. The van der Waals surface area contributed by atoms with Gasteiger partial charge < -0.3 is 15.5 Å². The van der Waals surface area contributed by atoms with Crippen molar-refractivity contribution in [2.75, 3.05) is 29.9 Å². The maximum absolute atomic E-state index is 12.5. The Labute approximate surface area is 166 Å². The van der Waals surface area contributed by atoms with E-state index in [2.05, 4.69) is 27.4 Å². The number of anilines is 2. The summed E-state index contributed by atoms with van der Waals surface area (Å²) in [7, 11) is 0. The van der Waals surface area contributed by atoms with Gasteiger partial charge in [0.05, 0.1) is 11.1 Å². The molecule has 2 heterocycles. The van der Waals surface area contributed by atoms with Crippen LogP contribution in [0.5, 0.6) is 0 Å². The van der Waals surface area contributed by atoms with Gasteiger partial charge >= 0.3 is 0 Å². The molecule has 0 spiro atoms. The van der Waals surface area contributed by atoms with E-state index in [1.165, 1.54) is 37.3 Å². The van der Waals surface area contributed by atoms with Gasteiger partial charge in [-0.25, -0.2) is 0 Å². The Morgan fingerprint density at radius 3 is 2.36 bits per heavy atom. The molecule has 0 saturated carbocycles. The van der Waals surface area contributed by atoms with Crippen LogP contribution in [0.3, 0.4) is 0 Å². The number of carbonyl (C=O) groups is 2. The number of hydrogen-bond acceptors (Lipinski definition) is 4. The van der Waals surface area contributed by atoms with Crippen LogP contribution in [0.1, 0.15) is 59.7 Å². The number of piperidine rings is 1. The van der Waals surface area contributed by atoms with Crippen LogP contribution in [-0.4, -0.2) is 36.4 Å². The summed E-state index contributed by atoms with van der Waals surface area (Å²) in [5.41, 5.74) is 2.67. The first kappa shape index (κ1) is 19.9. The van der Waals surface area contributed by atoms with E-state index in [0.29, 0.717) is 17.7 Å². The predicted octanol–water partition coefficient (Wildman–Crippen LogP) is 3.85. The molecule has 0 aliphatic carbocycles. The molecule has 2 amide bonds. The molecular formula is C22H28N4O2. The molecule has 1 aromatic heterocycles. The Balaban J connectivity index is 1.61. The highest BCUT2D eigenvalue weighted by Gasteiger charge is 2.13. The number of unbranched alkanes of at least 4 members (excludes halogenated alkanes) is 1. The smallest absolute Gasteiger partial charge is 0.257 e. The standard InChI is InChI=1S/C22H28N4O2/c1-2-3-11-24-21(27)17-14-18(16-23-15-17)22(28)25-19-7-9-20(10-8-19)26-12-5-4-6-13-26/h7-10,14-16H,2-6,11-13H2,1H3,(H,24,27)(H,25,28). The minimum atomic E-state index is -0.276. The maximum Gasteiger partial charge on any atom is 0.257 e. The highest BCUT2D eigenvalue weighted by molar-refractivity contribution is 6.05. The fourth-order valence-corrected chi connectivity index (χ4v) is 3.28. The van der Waals surface area contributed by atoms with Gasteiger partial charge in [-0.1, -0.05) is 13.3 Å². The molecule has 0 atom stereocenters. The van der Waals surface area contributed by atoms with Crippen LogP contribution in [0, 0.1) is 0 Å². The number of nitrogens with zero attached hydrogens (tertiary/aromatic N) is 2. The van der Waals surface area contributed by atoms with Gasteiger partial charge in [0.15, 0.2) is 0 Å². The average molecular weight is 380 g/mol. The minimum absolute atomic E-state index is 0.207. The number of nitrogens with one attached hydrogen (secondary N) is 2. The summed E-state index contributed by atoms with van der Waals surface area (Å²) in [4.78, 5) is 31.1. The van der Waals surface area contributed by atoms with Crippen molar-refractivity contribution in [1.29, 1.82) is 0 Å². The molecular weight excluding hydrogens is 352 g/mol. The van der Waals surface area contributed by atoms with Crippen molar-refractivity contribution in [3.8, 4) is 0 Å². The van der Waals surface area contributed by atoms with Crippen LogP contribution in [-0.2, 0) is 0 Å². The molecule has 6 nitrogen and oxygen atoms in total. The molecule has 1 aromatic carbocycles. The zero-order valence-corrected chi connectivity index (χ0v) is 16.4. The monoisotopic (exact) mass is 380 g/mol. The molecule has 6 heteroatoms. The predicted molar refractivity (Wildman–Crippen MR) is 112 cm³/mol. The number of aromatic nitrogens is 1. The minimum Gasteiger partial charge on any atom is -0.372 e. The largest absolute Gasteiger partial charge is 0.372 e. The summed E-state index contributed by atoms with van der Waals surface area (Å²) in [6, 6.07) is 9.48. The van der Waals surface area contributed by atoms with E-state index in [1.807, 2.05) is 24.3 Å². The Morgan fingerprint density at radius 1 is 1.00 bits per heavy atom. The summed E-state index contributed by atoms with van der Waals surface area (Å²) in [6.07, 6.45) is 8.64. The number of amides is 2. The van der Waals surface area contributed by atoms with E-state index in [1.54, 1.807) is 6.07 Å². The number of rotatable bonds is 7. The molecule has 1 saturated heterocycles. The van der Waals surface area contributed by atoms with E-state index in [4.69, 9.17) is 0 Å². The molecule has 2 aromatic rings. The first-order valence-electron chi connectivity index (χ1n) is 10.1. The lowest BCUT2D eigenvalue weighted by Crippen LogP contribution is -2.29. The van der Waals surface area contributed by atoms with Crippen molar-refractivity contribution in [2.45, 2.75) is 39.0 Å². The topological polar surface area (TPSA) is 74.3 Å². The summed E-state index contributed by atoms with van der Waals surface area (Å²) in [5.74, 6) is -0.483. The van der Waals surface area contributed by atoms with Gasteiger partial charge in [-0.05, 0) is 56.0 Å². The van der Waals surface area contributed by atoms with Crippen molar-refractivity contribution in [1.82, 2.24) is 10.3 Å². The molecule has 3 rings (SSSR count). The normalized spacial score (nSPS) is 13.8. The Morgan fingerprint density at radius 2 is 1.68 bits per heavy atom. The third-order valence-corrected chi connectivity index (χ3v) is 4.92. The highest BCUT2D eigenvalue weighted by Crippen LogP contribution is 2.22. The first-order valence-corrected chi connectivity index (χ1v) is 10.1. The molecule has 0 unspecified atom stereocenters. The summed E-state index contributed by atoms with van der Waals surface area (Å²) in [5, 5.41) is 5.72. The van der Waals surface area contributed by atoms with Crippen LogP contribution in [0.15, 0.2) is 42.7 Å². The number of benzene rings is 1. The molecule has 1 aliphatic rings. The fraction of sp³-hybridized carbons (Fsp3) is 0.409. The summed E-state index contributed by atoms with van der Waals surface area (Å²) in [6.45, 7) is 4.86. The van der Waals surface area contributed by atoms with Crippen molar-refractivity contribution in [3.63, 3.8) is 0 Å². The average Bonchev–Trinajstić information content (AvgIpc) is 2.75. The second-order valence-electron chi connectivity index (χ2n) is 7.12. The lowest BCUT2D eigenvalue weighted by molar-refractivity contribution is 0.0953. The van der Waals surface area contributed by atoms with Gasteiger partial charge in [0.1, 0.15) is 0 Å². The lowest BCUT2D eigenvalue weighted by atomic mass is 10.1. The van der Waals surface area contributed by atoms with Crippen molar-refractivity contribution >= 4 is 23.2 Å². The zero-order valence-electron chi connectivity index (χ0n) is 16.4. The van der Waals surface area contributed by atoms with Crippen LogP contribution in [0.4, 0.5) is 11.4 Å². The van der Waals surface area contributed by atoms with Gasteiger partial charge in [0.2, 0.25) is 0 Å². The molecule has 148 valence electrons. The second-order valence-corrected chi connectivity index (χ2v) is 7.12. The molecule has 1 fully saturated rings. The number of pyridine rings is 1. The fourth-order valence-electron chi connectivity index (χ4n) is 3.28. The summed E-state index contributed by atoms with van der Waals surface area (Å²) < 4.78 is 0. The maximum atomic E-state index is 12.5. The molecule has 0 radical (unpaired) electrons. The van der Waals surface area contributed by atoms with Gasteiger partial charge in [0, 0.05) is 43.4 Å². The van der Waals surface area contributed by atoms with Gasteiger partial charge in [-0.2, -0.15) is 0 Å². The van der Waals surface area contributed by atoms with E-state index in [0.717, 1.165) is 31.6 Å². The molecule has 2 N–H and O–H groups in total. The van der Waals surface area contributed by atoms with Crippen LogP contribution in [0.25, 0.3) is 0 Å². The number of hydrogen-bond donors (Lipinski definition) is 2. The van der Waals surface area contributed by atoms with Crippen LogP contribution in [0.2, 0.25) is 0 Å². The Kier molecular flexibility index (Phi) is 7.00. The van der Waals surface area contributed by atoms with Crippen LogP contribution >= 0.6 is 0 Å². The SMILES string of the molecule is CCCCNC(=O)c1cncc(C(=O)Nc2ccc(N3CCCCC3)cc2)c1. The van der Waals surface area contributed by atoms with Crippen LogP contribution < -0.4 is 15.5 Å². The van der Waals surface area contributed by atoms with E-state index in [-0.39, 0.29) is 11.8 Å². The number of carbonyl (C=O) groups excluding carboxylic acids is 2. The molecule has 0 bridgehead atoms. The first-order chi connectivity index (χ1) is 13.7. The third kappa shape index (κ3) is 5.31. The quantitative estimate of drug-likeness (QED) is 0.716. The molecule has 1 aliphatic heterocycles. The van der Waals surface area contributed by atoms with Crippen molar-refractivity contribution in [3.05, 3.63) is 53.9 Å². The Bertz CT molecular complexity index is 798. The molecule has 28 heavy (non-hydrogen) atoms. The van der Waals surface area contributed by atoms with E-state index >= 15 is 0 Å². The lowest BCUT2D eigenvalue weighted by Gasteiger charge is -2.28. The summed E-state index contributed by atoms with van der Waals surface area (Å²) >= 11 is 0. The zero-order chi connectivity index (χ0) is 19.8. The van der Waals surface area contributed by atoms with Crippen molar-refractivity contribution < 1.29 is 9.59 Å². The van der Waals surface area contributed by atoms with Gasteiger partial charge in [0.25, 0.3) is 11.8 Å². The van der Waals surface area contributed by atoms with E-state index in [9.17, 15) is 9.59 Å². The van der Waals surface area contributed by atoms with Crippen molar-refractivity contribution in [2.24, 2.45) is 0 Å². The highest BCUT2D eigenvalue weighted by atomic mass is 16.2.